The molecule has 0 bridgehead atoms. The Bertz CT molecular complexity index is 194. The number of allylic oxidation sites excluding steroid dienone is 7. The van der Waals surface area contributed by atoms with Crippen LogP contribution in [-0.2, 0) is 0 Å². The van der Waals surface area contributed by atoms with Crippen LogP contribution >= 0.6 is 0 Å². The lowest BCUT2D eigenvalue weighted by Gasteiger charge is -1.89. The molecule has 0 atom stereocenters. The van der Waals surface area contributed by atoms with Crippen LogP contribution in [0, 0.1) is 0 Å². The largest absolute Gasteiger partial charge is 0.103 e. The third-order valence-corrected chi connectivity index (χ3v) is 1.89. The quantitative estimate of drug-likeness (QED) is 0.380. The van der Waals surface area contributed by atoms with Crippen LogP contribution in [0.4, 0.5) is 0 Å². The average Bonchev–Trinajstić information content (AvgIpc) is 2.21. The minimum Gasteiger partial charge on any atom is -0.103 e. The second kappa shape index (κ2) is 12.0. The molecule has 0 fully saturated rings. The normalized spacial score (nSPS) is 12.1. The Morgan fingerprint density at radius 2 is 1.50 bits per heavy atom. The second-order valence-corrected chi connectivity index (χ2v) is 3.20. The van der Waals surface area contributed by atoms with Gasteiger partial charge in [-0.2, -0.15) is 0 Å². The molecule has 0 unspecified atom stereocenters. The zero-order valence-corrected chi connectivity index (χ0v) is 9.28. The molecule has 0 aromatic carbocycles. The number of unbranched alkanes of at least 4 members (excludes halogenated alkanes) is 2. The lowest BCUT2D eigenvalue weighted by atomic mass is 10.2. The van der Waals surface area contributed by atoms with Gasteiger partial charge in [0.1, 0.15) is 0 Å². The van der Waals surface area contributed by atoms with Gasteiger partial charge in [-0.3, -0.25) is 0 Å². The molecule has 0 aliphatic rings. The molecule has 0 saturated carbocycles. The van der Waals surface area contributed by atoms with Gasteiger partial charge in [0.2, 0.25) is 0 Å². The van der Waals surface area contributed by atoms with Crippen molar-refractivity contribution in [3.8, 4) is 0 Å². The van der Waals surface area contributed by atoms with Gasteiger partial charge >= 0.3 is 0 Å². The maximum Gasteiger partial charge on any atom is -0.0169 e. The van der Waals surface area contributed by atoms with Crippen LogP contribution in [0.5, 0.6) is 0 Å². The van der Waals surface area contributed by atoms with E-state index in [0.29, 0.717) is 0 Å². The molecule has 0 heteroatoms. The molecule has 14 heavy (non-hydrogen) atoms. The fourth-order valence-electron chi connectivity index (χ4n) is 1.09. The number of hydrogen-bond donors (Lipinski definition) is 0. The fraction of sp³-hybridized carbons (Fsp3) is 0.429. The number of hydrogen-bond acceptors (Lipinski definition) is 0. The van der Waals surface area contributed by atoms with Crippen LogP contribution in [0.25, 0.3) is 0 Å². The lowest BCUT2D eigenvalue weighted by molar-refractivity contribution is 0.864. The van der Waals surface area contributed by atoms with Crippen molar-refractivity contribution in [3.63, 3.8) is 0 Å². The predicted octanol–water partition coefficient (Wildman–Crippen LogP) is 4.81. The summed E-state index contributed by atoms with van der Waals surface area (Å²) in [4.78, 5) is 0. The summed E-state index contributed by atoms with van der Waals surface area (Å²) in [6.45, 7) is 5.72. The topological polar surface area (TPSA) is 0 Å². The molecule has 0 aliphatic carbocycles. The van der Waals surface area contributed by atoms with Crippen LogP contribution in [0.2, 0.25) is 0 Å². The van der Waals surface area contributed by atoms with Crippen molar-refractivity contribution in [1.29, 1.82) is 0 Å². The standard InChI is InChI=1S/C14H22/c1-3-5-7-9-11-13-14-12-10-8-6-4-2/h3-4,6-7,9-10,12H,1,5,8,11,13-14H2,2H3. The predicted molar refractivity (Wildman–Crippen MR) is 66.4 cm³/mol. The Morgan fingerprint density at radius 3 is 2.07 bits per heavy atom. The summed E-state index contributed by atoms with van der Waals surface area (Å²) in [7, 11) is 0. The molecule has 0 aliphatic heterocycles. The van der Waals surface area contributed by atoms with E-state index in [1.54, 1.807) is 0 Å². The van der Waals surface area contributed by atoms with Gasteiger partial charge in [0.15, 0.2) is 0 Å². The zero-order valence-electron chi connectivity index (χ0n) is 9.28. The fourth-order valence-corrected chi connectivity index (χ4v) is 1.09. The third-order valence-electron chi connectivity index (χ3n) is 1.89. The minimum absolute atomic E-state index is 0.997. The number of rotatable bonds is 8. The second-order valence-electron chi connectivity index (χ2n) is 3.20. The molecule has 0 aromatic heterocycles. The molecule has 0 nitrogen and oxygen atoms in total. The van der Waals surface area contributed by atoms with Gasteiger partial charge in [-0.05, 0) is 39.0 Å². The molecule has 0 rings (SSSR count). The van der Waals surface area contributed by atoms with Crippen molar-refractivity contribution in [1.82, 2.24) is 0 Å². The maximum absolute atomic E-state index is 3.67. The molecule has 78 valence electrons. The average molecular weight is 190 g/mol. The maximum atomic E-state index is 3.67. The van der Waals surface area contributed by atoms with E-state index >= 15 is 0 Å². The van der Waals surface area contributed by atoms with E-state index in [4.69, 9.17) is 0 Å². The Kier molecular flexibility index (Phi) is 11.1. The van der Waals surface area contributed by atoms with E-state index in [2.05, 4.69) is 50.0 Å². The molecular formula is C14H22. The molecule has 0 amide bonds. The van der Waals surface area contributed by atoms with Crippen LogP contribution in [0.1, 0.15) is 39.0 Å². The Morgan fingerprint density at radius 1 is 0.857 bits per heavy atom. The first-order chi connectivity index (χ1) is 6.91. The molecule has 0 heterocycles. The van der Waals surface area contributed by atoms with E-state index in [0.717, 1.165) is 12.8 Å². The molecule has 0 spiro atoms. The summed E-state index contributed by atoms with van der Waals surface area (Å²) in [5.41, 5.74) is 0. The Labute approximate surface area is 88.7 Å². The smallest absolute Gasteiger partial charge is 0.0169 e. The van der Waals surface area contributed by atoms with E-state index in [1.807, 2.05) is 6.08 Å². The van der Waals surface area contributed by atoms with Crippen LogP contribution in [-0.4, -0.2) is 0 Å². The summed E-state index contributed by atoms with van der Waals surface area (Å²) >= 11 is 0. The van der Waals surface area contributed by atoms with Crippen molar-refractivity contribution >= 4 is 0 Å². The lowest BCUT2D eigenvalue weighted by Crippen LogP contribution is -1.69. The molecular weight excluding hydrogens is 168 g/mol. The summed E-state index contributed by atoms with van der Waals surface area (Å²) in [6, 6.07) is 0. The highest BCUT2D eigenvalue weighted by Gasteiger charge is 1.79. The van der Waals surface area contributed by atoms with Crippen molar-refractivity contribution in [2.75, 3.05) is 0 Å². The molecule has 0 radical (unpaired) electrons. The van der Waals surface area contributed by atoms with E-state index in [-0.39, 0.29) is 0 Å². The van der Waals surface area contributed by atoms with Crippen LogP contribution in [0.3, 0.4) is 0 Å². The monoisotopic (exact) mass is 190 g/mol. The van der Waals surface area contributed by atoms with Gasteiger partial charge in [-0.15, -0.1) is 6.58 Å². The van der Waals surface area contributed by atoms with Crippen LogP contribution in [0.15, 0.2) is 49.1 Å². The van der Waals surface area contributed by atoms with Crippen molar-refractivity contribution in [2.24, 2.45) is 0 Å². The van der Waals surface area contributed by atoms with Gasteiger partial charge in [0.25, 0.3) is 0 Å². The van der Waals surface area contributed by atoms with Gasteiger partial charge in [0.05, 0.1) is 0 Å². The van der Waals surface area contributed by atoms with Gasteiger partial charge < -0.3 is 0 Å². The summed E-state index contributed by atoms with van der Waals surface area (Å²) in [6.07, 6.45) is 20.8. The molecule has 0 aromatic rings. The SMILES string of the molecule is C=CCC=CCCCC=CCC=CC. The van der Waals surface area contributed by atoms with E-state index in [1.165, 1.54) is 19.3 Å². The Balaban J connectivity index is 3.20. The summed E-state index contributed by atoms with van der Waals surface area (Å²) < 4.78 is 0. The molecule has 0 N–H and O–H groups in total. The van der Waals surface area contributed by atoms with Crippen molar-refractivity contribution < 1.29 is 0 Å². The van der Waals surface area contributed by atoms with Crippen LogP contribution < -0.4 is 0 Å². The first kappa shape index (κ1) is 13.0. The first-order valence-electron chi connectivity index (χ1n) is 5.44. The van der Waals surface area contributed by atoms with Gasteiger partial charge in [-0.1, -0.05) is 42.5 Å². The van der Waals surface area contributed by atoms with Gasteiger partial charge in [-0.25, -0.2) is 0 Å². The summed E-state index contributed by atoms with van der Waals surface area (Å²) in [5, 5.41) is 0. The van der Waals surface area contributed by atoms with E-state index < -0.39 is 0 Å². The van der Waals surface area contributed by atoms with E-state index in [9.17, 15) is 0 Å². The third kappa shape index (κ3) is 11.0. The molecule has 0 saturated heterocycles. The van der Waals surface area contributed by atoms with Gasteiger partial charge in [0, 0.05) is 0 Å². The summed E-state index contributed by atoms with van der Waals surface area (Å²) in [5.74, 6) is 0. The van der Waals surface area contributed by atoms with Crippen molar-refractivity contribution in [3.05, 3.63) is 49.1 Å². The highest BCUT2D eigenvalue weighted by molar-refractivity contribution is 4.92. The Hall–Kier alpha value is -1.04. The first-order valence-corrected chi connectivity index (χ1v) is 5.44. The highest BCUT2D eigenvalue weighted by Crippen LogP contribution is 1.99. The highest BCUT2D eigenvalue weighted by atomic mass is 13.9. The zero-order chi connectivity index (χ0) is 10.5. The minimum atomic E-state index is 0.997. The van der Waals surface area contributed by atoms with Crippen molar-refractivity contribution in [2.45, 2.75) is 39.0 Å².